The second kappa shape index (κ2) is 17.9. The van der Waals surface area contributed by atoms with Gasteiger partial charge in [0.15, 0.2) is 0 Å². The maximum atomic E-state index is 3.64. The predicted octanol–water partition coefficient (Wildman–Crippen LogP) is 4.15. The van der Waals surface area contributed by atoms with Crippen LogP contribution in [0.3, 0.4) is 0 Å². The standard InChI is InChI=1S/C27H44N4/c1-2-28-20-11-21-29-18-9-10-19-30-22-12-23-31-24-17-27(25-13-5-3-6-14-25)26-15-7-4-8-16-26/h3-8,13-16,27-31H,2,9-12,17-24H2,1H3. The Kier molecular flexibility index (Phi) is 14.8. The van der Waals surface area contributed by atoms with Gasteiger partial charge in [0, 0.05) is 5.92 Å². The van der Waals surface area contributed by atoms with E-state index in [1.165, 1.54) is 36.8 Å². The summed E-state index contributed by atoms with van der Waals surface area (Å²) in [5.74, 6) is 0.463. The van der Waals surface area contributed by atoms with Gasteiger partial charge >= 0.3 is 0 Å². The van der Waals surface area contributed by atoms with Crippen LogP contribution in [0.15, 0.2) is 60.7 Å². The summed E-state index contributed by atoms with van der Waals surface area (Å²) in [6.07, 6.45) is 6.04. The molecular weight excluding hydrogens is 380 g/mol. The minimum absolute atomic E-state index is 0.463. The number of benzene rings is 2. The number of unbranched alkanes of at least 4 members (excludes halogenated alkanes) is 1. The van der Waals surface area contributed by atoms with E-state index in [0.29, 0.717) is 5.92 Å². The van der Waals surface area contributed by atoms with E-state index in [0.717, 1.165) is 58.8 Å². The van der Waals surface area contributed by atoms with Gasteiger partial charge in [0.05, 0.1) is 0 Å². The van der Waals surface area contributed by atoms with Crippen LogP contribution in [0.4, 0.5) is 0 Å². The molecule has 0 radical (unpaired) electrons. The molecule has 0 aliphatic carbocycles. The topological polar surface area (TPSA) is 48.1 Å². The Hall–Kier alpha value is -1.72. The van der Waals surface area contributed by atoms with Crippen LogP contribution in [0.2, 0.25) is 0 Å². The Balaban J connectivity index is 1.46. The molecule has 0 unspecified atom stereocenters. The third-order valence-electron chi connectivity index (χ3n) is 5.63. The van der Waals surface area contributed by atoms with Crippen molar-refractivity contribution in [3.05, 3.63) is 71.8 Å². The van der Waals surface area contributed by atoms with Crippen molar-refractivity contribution in [2.75, 3.05) is 52.4 Å². The molecule has 0 aliphatic heterocycles. The molecule has 0 spiro atoms. The summed E-state index contributed by atoms with van der Waals surface area (Å²) in [5.41, 5.74) is 2.81. The van der Waals surface area contributed by atoms with E-state index in [1.807, 2.05) is 0 Å². The van der Waals surface area contributed by atoms with Crippen LogP contribution in [-0.2, 0) is 0 Å². The van der Waals surface area contributed by atoms with Gasteiger partial charge < -0.3 is 21.3 Å². The summed E-state index contributed by atoms with van der Waals surface area (Å²) in [6, 6.07) is 21.8. The van der Waals surface area contributed by atoms with Crippen molar-refractivity contribution in [3.8, 4) is 0 Å². The molecule has 0 heterocycles. The van der Waals surface area contributed by atoms with Crippen LogP contribution in [0.5, 0.6) is 0 Å². The lowest BCUT2D eigenvalue weighted by molar-refractivity contribution is 0.543. The number of hydrogen-bond donors (Lipinski definition) is 4. The van der Waals surface area contributed by atoms with Crippen LogP contribution in [-0.4, -0.2) is 52.4 Å². The summed E-state index contributed by atoms with van der Waals surface area (Å²) < 4.78 is 0. The lowest BCUT2D eigenvalue weighted by atomic mass is 9.88. The number of rotatable bonds is 19. The van der Waals surface area contributed by atoms with Gasteiger partial charge in [-0.3, -0.25) is 0 Å². The molecule has 0 saturated heterocycles. The highest BCUT2D eigenvalue weighted by Crippen LogP contribution is 2.27. The molecule has 172 valence electrons. The Bertz CT molecular complexity index is 593. The Labute approximate surface area is 190 Å². The lowest BCUT2D eigenvalue weighted by Crippen LogP contribution is -2.25. The largest absolute Gasteiger partial charge is 0.317 e. The third kappa shape index (κ3) is 12.0. The zero-order chi connectivity index (χ0) is 21.8. The molecule has 2 rings (SSSR count). The van der Waals surface area contributed by atoms with Crippen LogP contribution < -0.4 is 21.3 Å². The highest BCUT2D eigenvalue weighted by Gasteiger charge is 2.13. The minimum atomic E-state index is 0.463. The number of nitrogens with one attached hydrogen (secondary N) is 4. The average molecular weight is 425 g/mol. The first kappa shape index (κ1) is 25.5. The average Bonchev–Trinajstić information content (AvgIpc) is 2.82. The minimum Gasteiger partial charge on any atom is -0.317 e. The van der Waals surface area contributed by atoms with E-state index >= 15 is 0 Å². The molecule has 0 aromatic heterocycles. The summed E-state index contributed by atoms with van der Waals surface area (Å²) in [5, 5.41) is 14.1. The van der Waals surface area contributed by atoms with Gasteiger partial charge in [0.1, 0.15) is 0 Å². The second-order valence-electron chi connectivity index (χ2n) is 8.18. The predicted molar refractivity (Wildman–Crippen MR) is 135 cm³/mol. The molecule has 4 nitrogen and oxygen atoms in total. The van der Waals surface area contributed by atoms with Gasteiger partial charge in [-0.2, -0.15) is 0 Å². The normalized spacial score (nSPS) is 11.3. The smallest absolute Gasteiger partial charge is 0.0101 e. The summed E-state index contributed by atoms with van der Waals surface area (Å²) in [7, 11) is 0. The monoisotopic (exact) mass is 424 g/mol. The molecule has 4 heteroatoms. The quantitative estimate of drug-likeness (QED) is 0.256. The maximum absolute atomic E-state index is 3.64. The molecule has 0 fully saturated rings. The fraction of sp³-hybridized carbons (Fsp3) is 0.556. The van der Waals surface area contributed by atoms with Gasteiger partial charge in [-0.1, -0.05) is 67.6 Å². The maximum Gasteiger partial charge on any atom is 0.0101 e. The fourth-order valence-corrected chi connectivity index (χ4v) is 3.87. The first-order valence-corrected chi connectivity index (χ1v) is 12.3. The molecule has 0 atom stereocenters. The molecule has 4 N–H and O–H groups in total. The van der Waals surface area contributed by atoms with Gasteiger partial charge in [-0.25, -0.2) is 0 Å². The molecule has 31 heavy (non-hydrogen) atoms. The number of hydrogen-bond acceptors (Lipinski definition) is 4. The van der Waals surface area contributed by atoms with E-state index < -0.39 is 0 Å². The van der Waals surface area contributed by atoms with Crippen molar-refractivity contribution in [2.24, 2.45) is 0 Å². The van der Waals surface area contributed by atoms with Crippen LogP contribution in [0.25, 0.3) is 0 Å². The van der Waals surface area contributed by atoms with Crippen LogP contribution in [0.1, 0.15) is 56.1 Å². The van der Waals surface area contributed by atoms with E-state index in [9.17, 15) is 0 Å². The van der Waals surface area contributed by atoms with Gasteiger partial charge in [-0.05, 0) is 95.6 Å². The zero-order valence-corrected chi connectivity index (χ0v) is 19.5. The molecule has 2 aromatic rings. The molecule has 0 amide bonds. The van der Waals surface area contributed by atoms with Crippen molar-refractivity contribution in [1.29, 1.82) is 0 Å². The van der Waals surface area contributed by atoms with Crippen molar-refractivity contribution in [2.45, 2.75) is 44.9 Å². The van der Waals surface area contributed by atoms with Crippen molar-refractivity contribution in [1.82, 2.24) is 21.3 Å². The molecule has 2 aromatic carbocycles. The Morgan fingerprint density at radius 3 is 1.42 bits per heavy atom. The zero-order valence-electron chi connectivity index (χ0n) is 19.5. The molecule has 0 aliphatic rings. The highest BCUT2D eigenvalue weighted by molar-refractivity contribution is 5.32. The van der Waals surface area contributed by atoms with Crippen molar-refractivity contribution < 1.29 is 0 Å². The van der Waals surface area contributed by atoms with E-state index in [-0.39, 0.29) is 0 Å². The van der Waals surface area contributed by atoms with Gasteiger partial charge in [0.25, 0.3) is 0 Å². The van der Waals surface area contributed by atoms with Crippen LogP contribution in [0, 0.1) is 0 Å². The van der Waals surface area contributed by atoms with Crippen molar-refractivity contribution in [3.63, 3.8) is 0 Å². The molecule has 0 saturated carbocycles. The highest BCUT2D eigenvalue weighted by atomic mass is 14.9. The Morgan fingerprint density at radius 1 is 0.516 bits per heavy atom. The second-order valence-corrected chi connectivity index (χ2v) is 8.18. The Morgan fingerprint density at radius 2 is 0.935 bits per heavy atom. The third-order valence-corrected chi connectivity index (χ3v) is 5.63. The first-order valence-electron chi connectivity index (χ1n) is 12.3. The van der Waals surface area contributed by atoms with Gasteiger partial charge in [-0.15, -0.1) is 0 Å². The SMILES string of the molecule is CCNCCCNCCCCNCCCNCCC(c1ccccc1)c1ccccc1. The summed E-state index contributed by atoms with van der Waals surface area (Å²) in [4.78, 5) is 0. The van der Waals surface area contributed by atoms with E-state index in [1.54, 1.807) is 0 Å². The van der Waals surface area contributed by atoms with E-state index in [2.05, 4.69) is 88.9 Å². The summed E-state index contributed by atoms with van der Waals surface area (Å²) >= 11 is 0. The first-order chi connectivity index (χ1) is 15.4. The van der Waals surface area contributed by atoms with E-state index in [4.69, 9.17) is 0 Å². The lowest BCUT2D eigenvalue weighted by Gasteiger charge is -2.18. The fourth-order valence-electron chi connectivity index (χ4n) is 3.87. The van der Waals surface area contributed by atoms with Crippen LogP contribution >= 0.6 is 0 Å². The van der Waals surface area contributed by atoms with Crippen molar-refractivity contribution >= 4 is 0 Å². The molecule has 0 bridgehead atoms. The van der Waals surface area contributed by atoms with Gasteiger partial charge in [0.2, 0.25) is 0 Å². The molecular formula is C27H44N4. The summed E-state index contributed by atoms with van der Waals surface area (Å²) in [6.45, 7) is 11.0.